The molecule has 0 aliphatic rings. The molecule has 0 atom stereocenters. The lowest BCUT2D eigenvalue weighted by molar-refractivity contribution is 0.585. The summed E-state index contributed by atoms with van der Waals surface area (Å²) in [5.41, 5.74) is -1.36. The van der Waals surface area contributed by atoms with Gasteiger partial charge in [0.25, 0.3) is 5.56 Å². The average molecular weight is 322 g/mol. The van der Waals surface area contributed by atoms with Crippen LogP contribution in [-0.4, -0.2) is 10.2 Å². The zero-order valence-electron chi connectivity index (χ0n) is 8.10. The predicted molar refractivity (Wildman–Crippen MR) is 62.9 cm³/mol. The number of aromatic nitrogens is 2. The molecule has 1 heterocycles. The van der Waals surface area contributed by atoms with Crippen molar-refractivity contribution >= 4 is 27.5 Å². The highest BCUT2D eigenvalue weighted by Gasteiger charge is 2.17. The highest BCUT2D eigenvalue weighted by molar-refractivity contribution is 9.10. The molecule has 88 valence electrons. The first-order chi connectivity index (χ1) is 8.00. The third-order valence-corrected chi connectivity index (χ3v) is 2.89. The molecule has 0 bridgehead atoms. The maximum Gasteiger partial charge on any atom is 0.272 e. The van der Waals surface area contributed by atoms with Crippen LogP contribution in [0.15, 0.2) is 27.5 Å². The van der Waals surface area contributed by atoms with Crippen molar-refractivity contribution in [3.8, 4) is 11.1 Å². The highest BCUT2D eigenvalue weighted by Crippen LogP contribution is 2.29. The van der Waals surface area contributed by atoms with Crippen molar-refractivity contribution in [2.45, 2.75) is 0 Å². The molecule has 0 saturated heterocycles. The Labute approximate surface area is 108 Å². The van der Waals surface area contributed by atoms with E-state index in [2.05, 4.69) is 26.1 Å². The largest absolute Gasteiger partial charge is 0.272 e. The van der Waals surface area contributed by atoms with Crippen molar-refractivity contribution < 1.29 is 8.78 Å². The van der Waals surface area contributed by atoms with Gasteiger partial charge in [0.2, 0.25) is 0 Å². The van der Waals surface area contributed by atoms with E-state index in [-0.39, 0.29) is 15.2 Å². The van der Waals surface area contributed by atoms with Crippen LogP contribution in [0.5, 0.6) is 0 Å². The molecule has 0 saturated carbocycles. The molecule has 0 unspecified atom stereocenters. The molecule has 1 aromatic heterocycles. The molecule has 0 aliphatic heterocycles. The van der Waals surface area contributed by atoms with E-state index in [4.69, 9.17) is 11.6 Å². The molecule has 0 fully saturated rings. The van der Waals surface area contributed by atoms with Crippen molar-refractivity contribution in [1.82, 2.24) is 10.2 Å². The first-order valence-corrected chi connectivity index (χ1v) is 5.57. The molecular weight excluding hydrogens is 317 g/mol. The Kier molecular flexibility index (Phi) is 3.26. The van der Waals surface area contributed by atoms with Crippen LogP contribution in [0.2, 0.25) is 5.15 Å². The molecule has 0 spiro atoms. The summed E-state index contributed by atoms with van der Waals surface area (Å²) in [7, 11) is 0. The van der Waals surface area contributed by atoms with E-state index in [1.165, 1.54) is 6.07 Å². The zero-order chi connectivity index (χ0) is 12.6. The minimum absolute atomic E-state index is 0.0567. The Balaban J connectivity index is 2.81. The standard InChI is InChI=1S/C10H4BrClF2N2O/c11-5-1-2-6(13)8(9(5)14)4-3-7(12)15-16-10(4)17/h1-3H,(H,16,17). The van der Waals surface area contributed by atoms with Gasteiger partial charge in [-0.1, -0.05) is 11.6 Å². The summed E-state index contributed by atoms with van der Waals surface area (Å²) in [4.78, 5) is 11.5. The fourth-order valence-electron chi connectivity index (χ4n) is 1.34. The van der Waals surface area contributed by atoms with Crippen LogP contribution >= 0.6 is 27.5 Å². The number of aromatic amines is 1. The summed E-state index contributed by atoms with van der Waals surface area (Å²) in [6, 6.07) is 3.37. The summed E-state index contributed by atoms with van der Waals surface area (Å²) < 4.78 is 27.4. The Morgan fingerprint density at radius 1 is 1.35 bits per heavy atom. The second kappa shape index (κ2) is 4.54. The maximum atomic E-state index is 13.8. The van der Waals surface area contributed by atoms with E-state index < -0.39 is 22.8 Å². The van der Waals surface area contributed by atoms with E-state index in [0.717, 1.165) is 12.1 Å². The summed E-state index contributed by atoms with van der Waals surface area (Å²) >= 11 is 8.49. The Bertz CT molecular complexity index is 645. The van der Waals surface area contributed by atoms with Gasteiger partial charge in [0.15, 0.2) is 0 Å². The molecule has 7 heteroatoms. The topological polar surface area (TPSA) is 45.8 Å². The van der Waals surface area contributed by atoms with Gasteiger partial charge in [0.1, 0.15) is 16.8 Å². The van der Waals surface area contributed by atoms with Crippen LogP contribution in [0.4, 0.5) is 8.78 Å². The quantitative estimate of drug-likeness (QED) is 0.820. The second-order valence-electron chi connectivity index (χ2n) is 3.15. The summed E-state index contributed by atoms with van der Waals surface area (Å²) in [5, 5.41) is 5.42. The third-order valence-electron chi connectivity index (χ3n) is 2.09. The second-order valence-corrected chi connectivity index (χ2v) is 4.39. The fourth-order valence-corrected chi connectivity index (χ4v) is 1.82. The van der Waals surface area contributed by atoms with Crippen LogP contribution in [0.1, 0.15) is 0 Å². The van der Waals surface area contributed by atoms with Gasteiger partial charge in [-0.3, -0.25) is 4.79 Å². The first-order valence-electron chi connectivity index (χ1n) is 4.40. The fraction of sp³-hybridized carbons (Fsp3) is 0. The van der Waals surface area contributed by atoms with Crippen LogP contribution in [0, 0.1) is 11.6 Å². The Morgan fingerprint density at radius 2 is 2.06 bits per heavy atom. The van der Waals surface area contributed by atoms with Crippen LogP contribution in [0.3, 0.4) is 0 Å². The maximum absolute atomic E-state index is 13.8. The minimum Gasteiger partial charge on any atom is -0.267 e. The number of halogens is 4. The van der Waals surface area contributed by atoms with Crippen molar-refractivity contribution in [2.75, 3.05) is 0 Å². The van der Waals surface area contributed by atoms with Crippen molar-refractivity contribution in [3.05, 3.63) is 49.8 Å². The smallest absolute Gasteiger partial charge is 0.267 e. The van der Waals surface area contributed by atoms with Gasteiger partial charge in [-0.05, 0) is 34.1 Å². The summed E-state index contributed by atoms with van der Waals surface area (Å²) in [6.45, 7) is 0. The van der Waals surface area contributed by atoms with E-state index in [1.807, 2.05) is 0 Å². The van der Waals surface area contributed by atoms with Crippen molar-refractivity contribution in [1.29, 1.82) is 0 Å². The molecule has 0 aliphatic carbocycles. The molecule has 2 rings (SSSR count). The molecule has 1 N–H and O–H groups in total. The van der Waals surface area contributed by atoms with E-state index >= 15 is 0 Å². The summed E-state index contributed by atoms with van der Waals surface area (Å²) in [6.07, 6.45) is 0. The number of rotatable bonds is 1. The van der Waals surface area contributed by atoms with E-state index in [1.54, 1.807) is 0 Å². The number of hydrogen-bond donors (Lipinski definition) is 1. The first kappa shape index (κ1) is 12.2. The summed E-state index contributed by atoms with van der Waals surface area (Å²) in [5.74, 6) is -1.71. The molecule has 2 aromatic rings. The lowest BCUT2D eigenvalue weighted by Crippen LogP contribution is -2.12. The Hall–Kier alpha value is -1.27. The monoisotopic (exact) mass is 320 g/mol. The third kappa shape index (κ3) is 2.23. The van der Waals surface area contributed by atoms with Crippen molar-refractivity contribution in [2.24, 2.45) is 0 Å². The van der Waals surface area contributed by atoms with Crippen LogP contribution in [-0.2, 0) is 0 Å². The lowest BCUT2D eigenvalue weighted by Gasteiger charge is -2.05. The number of nitrogens with zero attached hydrogens (tertiary/aromatic N) is 1. The predicted octanol–water partition coefficient (Wildman–Crippen LogP) is 3.13. The van der Waals surface area contributed by atoms with E-state index in [0.29, 0.717) is 0 Å². The van der Waals surface area contributed by atoms with Gasteiger partial charge in [0, 0.05) is 0 Å². The lowest BCUT2D eigenvalue weighted by atomic mass is 10.1. The normalized spacial score (nSPS) is 10.6. The number of hydrogen-bond acceptors (Lipinski definition) is 2. The number of nitrogens with one attached hydrogen (secondary N) is 1. The van der Waals surface area contributed by atoms with Gasteiger partial charge in [-0.2, -0.15) is 5.10 Å². The SMILES string of the molecule is O=c1[nH]nc(Cl)cc1-c1c(F)ccc(Br)c1F. The number of H-pyrrole nitrogens is 1. The minimum atomic E-state index is -0.863. The van der Waals surface area contributed by atoms with Gasteiger partial charge in [0.05, 0.1) is 15.6 Å². The molecular formula is C10H4BrClF2N2O. The van der Waals surface area contributed by atoms with Gasteiger partial charge >= 0.3 is 0 Å². The molecule has 0 radical (unpaired) electrons. The highest BCUT2D eigenvalue weighted by atomic mass is 79.9. The van der Waals surface area contributed by atoms with Gasteiger partial charge in [-0.15, -0.1) is 0 Å². The number of benzene rings is 1. The molecule has 1 aromatic carbocycles. The molecule has 3 nitrogen and oxygen atoms in total. The van der Waals surface area contributed by atoms with Gasteiger partial charge in [-0.25, -0.2) is 13.9 Å². The van der Waals surface area contributed by atoms with E-state index in [9.17, 15) is 13.6 Å². The van der Waals surface area contributed by atoms with Gasteiger partial charge < -0.3 is 0 Å². The van der Waals surface area contributed by atoms with Crippen LogP contribution in [0.25, 0.3) is 11.1 Å². The zero-order valence-corrected chi connectivity index (χ0v) is 10.4. The molecule has 17 heavy (non-hydrogen) atoms. The van der Waals surface area contributed by atoms with Crippen molar-refractivity contribution in [3.63, 3.8) is 0 Å². The average Bonchev–Trinajstić information content (AvgIpc) is 2.29. The Morgan fingerprint density at radius 3 is 2.76 bits per heavy atom. The molecule has 0 amide bonds. The van der Waals surface area contributed by atoms with Crippen LogP contribution < -0.4 is 5.56 Å².